The molecule has 2 unspecified atom stereocenters. The van der Waals surface area contributed by atoms with Gasteiger partial charge >= 0.3 is 12.1 Å². The molecule has 2 heterocycles. The van der Waals surface area contributed by atoms with Gasteiger partial charge in [0.05, 0.1) is 24.7 Å². The first-order chi connectivity index (χ1) is 12.8. The first kappa shape index (κ1) is 19.5. The zero-order valence-electron chi connectivity index (χ0n) is 14.4. The lowest BCUT2D eigenvalue weighted by Crippen LogP contribution is -2.12. The van der Waals surface area contributed by atoms with Crippen molar-refractivity contribution in [3.63, 3.8) is 0 Å². The molecule has 27 heavy (non-hydrogen) atoms. The van der Waals surface area contributed by atoms with E-state index < -0.39 is 18.1 Å². The fourth-order valence-corrected chi connectivity index (χ4v) is 2.93. The van der Waals surface area contributed by atoms with E-state index in [1.807, 2.05) is 0 Å². The Morgan fingerprint density at radius 1 is 1.37 bits per heavy atom. The number of aromatic nitrogens is 3. The van der Waals surface area contributed by atoms with Gasteiger partial charge in [-0.15, -0.1) is 5.10 Å². The van der Waals surface area contributed by atoms with Crippen LogP contribution in [0.25, 0.3) is 5.82 Å². The quantitative estimate of drug-likeness (QED) is 0.515. The third kappa shape index (κ3) is 4.71. The average molecular weight is 404 g/mol. The molecule has 1 saturated carbocycles. The summed E-state index contributed by atoms with van der Waals surface area (Å²) in [5.74, 6) is -1.51. The number of carbonyl (C=O) groups is 1. The highest BCUT2D eigenvalue weighted by Gasteiger charge is 2.55. The van der Waals surface area contributed by atoms with Crippen LogP contribution in [0.3, 0.4) is 0 Å². The molecule has 1 aliphatic carbocycles. The van der Waals surface area contributed by atoms with E-state index in [2.05, 4.69) is 10.1 Å². The number of nitrogens with zero attached hydrogens (tertiary/aromatic N) is 3. The second kappa shape index (κ2) is 7.75. The van der Waals surface area contributed by atoms with Gasteiger partial charge in [-0.05, 0) is 37.8 Å². The van der Waals surface area contributed by atoms with Crippen LogP contribution in [0.4, 0.5) is 13.2 Å². The molecule has 0 aliphatic heterocycles. The van der Waals surface area contributed by atoms with E-state index in [0.717, 1.165) is 0 Å². The van der Waals surface area contributed by atoms with Crippen LogP contribution in [-0.4, -0.2) is 40.1 Å². The number of pyridine rings is 1. The molecule has 1 aliphatic rings. The molecule has 2 aromatic heterocycles. The number of halogens is 4. The number of carbonyl (C=O) groups excluding carboxylic acids is 1. The minimum Gasteiger partial charge on any atom is -0.477 e. The summed E-state index contributed by atoms with van der Waals surface area (Å²) in [6, 6.07) is 4.60. The van der Waals surface area contributed by atoms with Gasteiger partial charge in [0.15, 0.2) is 5.82 Å². The average Bonchev–Trinajstić information content (AvgIpc) is 3.24. The van der Waals surface area contributed by atoms with Crippen LogP contribution in [0.2, 0.25) is 5.15 Å². The molecule has 0 radical (unpaired) electrons. The van der Waals surface area contributed by atoms with E-state index in [1.54, 1.807) is 25.3 Å². The number of hydrogen-bond donors (Lipinski definition) is 0. The lowest BCUT2D eigenvalue weighted by atomic mass is 10.2. The molecule has 6 nitrogen and oxygen atoms in total. The van der Waals surface area contributed by atoms with E-state index in [0.29, 0.717) is 12.2 Å². The number of hydrogen-bond acceptors (Lipinski definition) is 5. The van der Waals surface area contributed by atoms with Crippen molar-refractivity contribution in [2.45, 2.75) is 25.9 Å². The van der Waals surface area contributed by atoms with Gasteiger partial charge in [-0.1, -0.05) is 11.6 Å². The molecule has 146 valence electrons. The van der Waals surface area contributed by atoms with Gasteiger partial charge in [0, 0.05) is 12.3 Å². The molecule has 1 fully saturated rings. The number of rotatable bonds is 7. The zero-order chi connectivity index (χ0) is 19.6. The number of esters is 1. The van der Waals surface area contributed by atoms with E-state index in [4.69, 9.17) is 21.1 Å². The first-order valence-electron chi connectivity index (χ1n) is 8.38. The largest absolute Gasteiger partial charge is 0.477 e. The van der Waals surface area contributed by atoms with Gasteiger partial charge in [-0.2, -0.15) is 13.2 Å². The molecule has 0 aromatic carbocycles. The highest BCUT2D eigenvalue weighted by Crippen LogP contribution is 2.51. The SMILES string of the molecule is CCOC(=O)c1ccc(-n2ccc(OCCC3CC3C(F)(F)F)n2)nc1Cl. The van der Waals surface area contributed by atoms with Crippen molar-refractivity contribution in [1.29, 1.82) is 0 Å². The zero-order valence-corrected chi connectivity index (χ0v) is 15.1. The molecule has 2 atom stereocenters. The lowest BCUT2D eigenvalue weighted by molar-refractivity contribution is -0.151. The summed E-state index contributed by atoms with van der Waals surface area (Å²) in [6.07, 6.45) is -2.05. The smallest absolute Gasteiger partial charge is 0.392 e. The van der Waals surface area contributed by atoms with Gasteiger partial charge in [-0.3, -0.25) is 0 Å². The first-order valence-corrected chi connectivity index (χ1v) is 8.76. The minimum atomic E-state index is -4.12. The summed E-state index contributed by atoms with van der Waals surface area (Å²) in [6.45, 7) is 2.07. The summed E-state index contributed by atoms with van der Waals surface area (Å²) < 4.78 is 49.1. The van der Waals surface area contributed by atoms with Gasteiger partial charge in [-0.25, -0.2) is 14.5 Å². The number of ether oxygens (including phenoxy) is 2. The maximum atomic E-state index is 12.5. The normalized spacial score (nSPS) is 19.0. The predicted molar refractivity (Wildman–Crippen MR) is 90.1 cm³/mol. The van der Waals surface area contributed by atoms with Crippen molar-refractivity contribution in [2.24, 2.45) is 11.8 Å². The fraction of sp³-hybridized carbons (Fsp3) is 0.471. The third-order valence-corrected chi connectivity index (χ3v) is 4.50. The molecule has 10 heteroatoms. The van der Waals surface area contributed by atoms with Crippen LogP contribution in [0.5, 0.6) is 5.88 Å². The van der Waals surface area contributed by atoms with E-state index in [9.17, 15) is 18.0 Å². The summed E-state index contributed by atoms with van der Waals surface area (Å²) >= 11 is 6.02. The highest BCUT2D eigenvalue weighted by molar-refractivity contribution is 6.32. The van der Waals surface area contributed by atoms with E-state index >= 15 is 0 Å². The van der Waals surface area contributed by atoms with Gasteiger partial charge in [0.1, 0.15) is 5.15 Å². The topological polar surface area (TPSA) is 66.2 Å². The van der Waals surface area contributed by atoms with Crippen molar-refractivity contribution in [2.75, 3.05) is 13.2 Å². The van der Waals surface area contributed by atoms with Crippen molar-refractivity contribution < 1.29 is 27.4 Å². The molecule has 0 N–H and O–H groups in total. The second-order valence-electron chi connectivity index (χ2n) is 6.11. The molecule has 0 amide bonds. The van der Waals surface area contributed by atoms with Crippen LogP contribution in [0.1, 0.15) is 30.1 Å². The van der Waals surface area contributed by atoms with E-state index in [1.165, 1.54) is 10.7 Å². The minimum absolute atomic E-state index is 0.0177. The lowest BCUT2D eigenvalue weighted by Gasteiger charge is -2.06. The molecule has 2 aromatic rings. The Balaban J connectivity index is 1.56. The van der Waals surface area contributed by atoms with Crippen molar-refractivity contribution in [3.05, 3.63) is 35.1 Å². The fourth-order valence-electron chi connectivity index (χ4n) is 2.71. The maximum absolute atomic E-state index is 12.5. The maximum Gasteiger partial charge on any atom is 0.392 e. The third-order valence-electron chi connectivity index (χ3n) is 4.21. The van der Waals surface area contributed by atoms with E-state index in [-0.39, 0.29) is 42.1 Å². The van der Waals surface area contributed by atoms with Crippen LogP contribution in [-0.2, 0) is 4.74 Å². The molecule has 0 saturated heterocycles. The molecule has 0 spiro atoms. The van der Waals surface area contributed by atoms with Crippen LogP contribution in [0.15, 0.2) is 24.4 Å². The van der Waals surface area contributed by atoms with Crippen molar-refractivity contribution in [3.8, 4) is 11.7 Å². The summed E-state index contributed by atoms with van der Waals surface area (Å²) in [7, 11) is 0. The number of alkyl halides is 3. The van der Waals surface area contributed by atoms with Crippen LogP contribution >= 0.6 is 11.6 Å². The Hall–Kier alpha value is -2.29. The summed E-state index contributed by atoms with van der Waals surface area (Å²) in [5, 5.41) is 4.13. The Kier molecular flexibility index (Phi) is 5.59. The second-order valence-corrected chi connectivity index (χ2v) is 6.47. The Bertz CT molecular complexity index is 825. The summed E-state index contributed by atoms with van der Waals surface area (Å²) in [5.41, 5.74) is 0.148. The van der Waals surface area contributed by atoms with Crippen LogP contribution < -0.4 is 4.74 Å². The molecule has 3 rings (SSSR count). The predicted octanol–water partition coefficient (Wildman–Crippen LogP) is 4.06. The molecular weight excluding hydrogens is 387 g/mol. The highest BCUT2D eigenvalue weighted by atomic mass is 35.5. The summed E-state index contributed by atoms with van der Waals surface area (Å²) in [4.78, 5) is 15.8. The monoisotopic (exact) mass is 403 g/mol. The van der Waals surface area contributed by atoms with Gasteiger partial charge < -0.3 is 9.47 Å². The van der Waals surface area contributed by atoms with Gasteiger partial charge in [0.2, 0.25) is 5.88 Å². The van der Waals surface area contributed by atoms with Crippen molar-refractivity contribution in [1.82, 2.24) is 14.8 Å². The Morgan fingerprint density at radius 3 is 2.78 bits per heavy atom. The molecular formula is C17H17ClF3N3O3. The van der Waals surface area contributed by atoms with Gasteiger partial charge in [0.25, 0.3) is 0 Å². The standard InChI is InChI=1S/C17H17ClF3N3O3/c1-2-26-16(25)11-3-4-13(22-15(11)18)24-7-5-14(23-24)27-8-6-10-9-12(10)17(19,20)21/h3-5,7,10,12H,2,6,8-9H2,1H3. The molecule has 0 bridgehead atoms. The van der Waals surface area contributed by atoms with Crippen molar-refractivity contribution >= 4 is 17.6 Å². The van der Waals surface area contributed by atoms with Crippen LogP contribution in [0, 0.1) is 11.8 Å². The Morgan fingerprint density at radius 2 is 2.15 bits per heavy atom. The Labute approximate surface area is 158 Å².